The van der Waals surface area contributed by atoms with Crippen LogP contribution < -0.4 is 10.1 Å². The van der Waals surface area contributed by atoms with Gasteiger partial charge in [-0.3, -0.25) is 4.79 Å². The Labute approximate surface area is 143 Å². The zero-order chi connectivity index (χ0) is 17.4. The van der Waals surface area contributed by atoms with E-state index in [4.69, 9.17) is 14.2 Å². The van der Waals surface area contributed by atoms with Crippen molar-refractivity contribution < 1.29 is 24.1 Å². The van der Waals surface area contributed by atoms with E-state index in [0.29, 0.717) is 32.8 Å². The van der Waals surface area contributed by atoms with E-state index in [1.54, 1.807) is 0 Å². The smallest absolute Gasteiger partial charge is 0.321 e. The third-order valence-electron chi connectivity index (χ3n) is 3.76. The maximum atomic E-state index is 11.4. The van der Waals surface area contributed by atoms with Gasteiger partial charge in [0.25, 0.3) is 0 Å². The Kier molecular flexibility index (Phi) is 7.49. The van der Waals surface area contributed by atoms with Gasteiger partial charge in [0.15, 0.2) is 0 Å². The van der Waals surface area contributed by atoms with E-state index in [0.717, 1.165) is 17.7 Å². The molecule has 2 atom stereocenters. The summed E-state index contributed by atoms with van der Waals surface area (Å²) in [6.45, 7) is 6.34. The van der Waals surface area contributed by atoms with E-state index in [-0.39, 0.29) is 12.1 Å². The molecule has 6 nitrogen and oxygen atoms in total. The van der Waals surface area contributed by atoms with Crippen LogP contribution in [0, 0.1) is 0 Å². The maximum Gasteiger partial charge on any atom is 0.321 e. The Morgan fingerprint density at radius 1 is 1.42 bits per heavy atom. The number of carboxylic acids is 1. The summed E-state index contributed by atoms with van der Waals surface area (Å²) in [5.41, 5.74) is 0.935. The van der Waals surface area contributed by atoms with Crippen LogP contribution >= 0.6 is 0 Å². The number of hydrogen-bond donors (Lipinski definition) is 2. The highest BCUT2D eigenvalue weighted by atomic mass is 16.6. The molecule has 134 valence electrons. The van der Waals surface area contributed by atoms with Crippen molar-refractivity contribution in [2.24, 2.45) is 0 Å². The van der Waals surface area contributed by atoms with Crippen LogP contribution in [0.4, 0.5) is 0 Å². The van der Waals surface area contributed by atoms with Gasteiger partial charge in [-0.15, -0.1) is 0 Å². The summed E-state index contributed by atoms with van der Waals surface area (Å²) < 4.78 is 16.7. The van der Waals surface area contributed by atoms with E-state index >= 15 is 0 Å². The minimum atomic E-state index is -0.843. The molecular weight excluding hydrogens is 310 g/mol. The summed E-state index contributed by atoms with van der Waals surface area (Å²) in [7, 11) is 0. The van der Waals surface area contributed by atoms with E-state index in [1.165, 1.54) is 0 Å². The summed E-state index contributed by atoms with van der Waals surface area (Å²) in [6, 6.07) is 7.10. The third kappa shape index (κ3) is 6.47. The van der Waals surface area contributed by atoms with Gasteiger partial charge in [-0.05, 0) is 24.1 Å². The van der Waals surface area contributed by atoms with Crippen LogP contribution in [0.3, 0.4) is 0 Å². The molecule has 1 aromatic carbocycles. The van der Waals surface area contributed by atoms with Gasteiger partial charge >= 0.3 is 5.97 Å². The van der Waals surface area contributed by atoms with Crippen LogP contribution in [0.5, 0.6) is 5.75 Å². The number of hydrogen-bond acceptors (Lipinski definition) is 5. The largest absolute Gasteiger partial charge is 0.493 e. The second-order valence-electron chi connectivity index (χ2n) is 6.27. The summed E-state index contributed by atoms with van der Waals surface area (Å²) in [5.74, 6) is -0.0950. The van der Waals surface area contributed by atoms with Gasteiger partial charge in [0.2, 0.25) is 0 Å². The first-order valence-electron chi connectivity index (χ1n) is 8.44. The topological polar surface area (TPSA) is 77.0 Å². The number of carbonyl (C=O) groups is 1. The lowest BCUT2D eigenvalue weighted by molar-refractivity contribution is -0.139. The van der Waals surface area contributed by atoms with Gasteiger partial charge in [0.1, 0.15) is 11.8 Å². The van der Waals surface area contributed by atoms with Crippen molar-refractivity contribution in [1.29, 1.82) is 0 Å². The summed E-state index contributed by atoms with van der Waals surface area (Å²) >= 11 is 0. The van der Waals surface area contributed by atoms with Crippen LogP contribution in [0.25, 0.3) is 0 Å². The van der Waals surface area contributed by atoms with Crippen LogP contribution in [0.2, 0.25) is 0 Å². The first kappa shape index (κ1) is 18.7. The van der Waals surface area contributed by atoms with Gasteiger partial charge in [-0.25, -0.2) is 0 Å². The SMILES string of the molecule is CC(C)NC(Cc1cccc(OCCC2COCCO2)c1)C(=O)O. The summed E-state index contributed by atoms with van der Waals surface area (Å²) in [5, 5.41) is 12.4. The Morgan fingerprint density at radius 3 is 2.92 bits per heavy atom. The molecule has 0 aromatic heterocycles. The molecule has 0 amide bonds. The van der Waals surface area contributed by atoms with Gasteiger partial charge < -0.3 is 24.6 Å². The number of ether oxygens (including phenoxy) is 3. The van der Waals surface area contributed by atoms with Crippen molar-refractivity contribution in [2.45, 2.75) is 44.9 Å². The molecule has 2 unspecified atom stereocenters. The van der Waals surface area contributed by atoms with Crippen molar-refractivity contribution >= 4 is 5.97 Å². The van der Waals surface area contributed by atoms with Gasteiger partial charge in [-0.1, -0.05) is 26.0 Å². The summed E-state index contributed by atoms with van der Waals surface area (Å²) in [4.78, 5) is 11.4. The first-order valence-corrected chi connectivity index (χ1v) is 8.44. The molecule has 1 heterocycles. The second kappa shape index (κ2) is 9.61. The molecule has 2 N–H and O–H groups in total. The van der Waals surface area contributed by atoms with Crippen LogP contribution in [0.15, 0.2) is 24.3 Å². The predicted octanol–water partition coefficient (Wildman–Crippen LogP) is 1.86. The molecule has 0 spiro atoms. The molecule has 0 aliphatic carbocycles. The average molecular weight is 337 g/mol. The highest BCUT2D eigenvalue weighted by Crippen LogP contribution is 2.16. The molecule has 24 heavy (non-hydrogen) atoms. The molecule has 0 radical (unpaired) electrons. The van der Waals surface area contributed by atoms with Crippen molar-refractivity contribution in [3.05, 3.63) is 29.8 Å². The lowest BCUT2D eigenvalue weighted by Gasteiger charge is -2.22. The van der Waals surface area contributed by atoms with E-state index in [1.807, 2.05) is 38.1 Å². The lowest BCUT2D eigenvalue weighted by atomic mass is 10.1. The van der Waals surface area contributed by atoms with Crippen LogP contribution in [-0.2, 0) is 20.7 Å². The summed E-state index contributed by atoms with van der Waals surface area (Å²) in [6.07, 6.45) is 1.29. The van der Waals surface area contributed by atoms with Crippen molar-refractivity contribution in [3.63, 3.8) is 0 Å². The quantitative estimate of drug-likeness (QED) is 0.716. The lowest BCUT2D eigenvalue weighted by Crippen LogP contribution is -2.42. The van der Waals surface area contributed by atoms with Gasteiger partial charge in [0.05, 0.1) is 32.5 Å². The minimum absolute atomic E-state index is 0.0913. The number of nitrogens with one attached hydrogen (secondary N) is 1. The molecule has 6 heteroatoms. The highest BCUT2D eigenvalue weighted by molar-refractivity contribution is 5.74. The Morgan fingerprint density at radius 2 is 2.25 bits per heavy atom. The van der Waals surface area contributed by atoms with E-state index < -0.39 is 12.0 Å². The number of rotatable bonds is 9. The first-order chi connectivity index (χ1) is 11.5. The molecule has 1 fully saturated rings. The minimum Gasteiger partial charge on any atom is -0.493 e. The fourth-order valence-electron chi connectivity index (χ4n) is 2.63. The monoisotopic (exact) mass is 337 g/mol. The van der Waals surface area contributed by atoms with E-state index in [2.05, 4.69) is 5.32 Å². The Hall–Kier alpha value is -1.63. The molecule has 2 rings (SSSR count). The number of benzene rings is 1. The molecule has 1 aliphatic rings. The van der Waals surface area contributed by atoms with Crippen LogP contribution in [-0.4, -0.2) is 55.7 Å². The van der Waals surface area contributed by atoms with Crippen molar-refractivity contribution in [1.82, 2.24) is 5.32 Å². The van der Waals surface area contributed by atoms with E-state index in [9.17, 15) is 9.90 Å². The zero-order valence-electron chi connectivity index (χ0n) is 14.4. The third-order valence-corrected chi connectivity index (χ3v) is 3.76. The fourth-order valence-corrected chi connectivity index (χ4v) is 2.63. The zero-order valence-corrected chi connectivity index (χ0v) is 14.4. The molecule has 0 saturated carbocycles. The number of aliphatic carboxylic acids is 1. The normalized spacial score (nSPS) is 19.2. The average Bonchev–Trinajstić information content (AvgIpc) is 2.55. The van der Waals surface area contributed by atoms with Gasteiger partial charge in [-0.2, -0.15) is 0 Å². The number of carboxylic acid groups (broad SMARTS) is 1. The second-order valence-corrected chi connectivity index (χ2v) is 6.27. The predicted molar refractivity (Wildman–Crippen MR) is 90.5 cm³/mol. The highest BCUT2D eigenvalue weighted by Gasteiger charge is 2.19. The van der Waals surface area contributed by atoms with Gasteiger partial charge in [0, 0.05) is 12.5 Å². The molecule has 0 bridgehead atoms. The standard InChI is InChI=1S/C18H27NO5/c1-13(2)19-17(18(20)21)11-14-4-3-5-15(10-14)23-7-6-16-12-22-8-9-24-16/h3-5,10,13,16-17,19H,6-9,11-12H2,1-2H3,(H,20,21). The molecule has 1 aromatic rings. The van der Waals surface area contributed by atoms with Crippen molar-refractivity contribution in [2.75, 3.05) is 26.4 Å². The van der Waals surface area contributed by atoms with Crippen LogP contribution in [0.1, 0.15) is 25.8 Å². The fraction of sp³-hybridized carbons (Fsp3) is 0.611. The van der Waals surface area contributed by atoms with Crippen molar-refractivity contribution in [3.8, 4) is 5.75 Å². The maximum absolute atomic E-state index is 11.4. The molecule has 1 aliphatic heterocycles. The molecular formula is C18H27NO5. The Balaban J connectivity index is 1.84. The Bertz CT molecular complexity index is 514. The molecule has 1 saturated heterocycles.